The number of rotatable bonds is 11. The first-order valence-electron chi connectivity index (χ1n) is 14.6. The van der Waals surface area contributed by atoms with Gasteiger partial charge in [0.05, 0.1) is 52.5 Å². The van der Waals surface area contributed by atoms with Crippen molar-refractivity contribution in [2.24, 2.45) is 0 Å². The van der Waals surface area contributed by atoms with Crippen LogP contribution >= 0.6 is 0 Å². The molecule has 0 aliphatic carbocycles. The van der Waals surface area contributed by atoms with E-state index in [1.165, 1.54) is 5.56 Å². The summed E-state index contributed by atoms with van der Waals surface area (Å²) in [6, 6.07) is 25.7. The van der Waals surface area contributed by atoms with E-state index in [4.69, 9.17) is 23.9 Å². The Bertz CT molecular complexity index is 1750. The average Bonchev–Trinajstić information content (AvgIpc) is 3.43. The Morgan fingerprint density at radius 1 is 0.864 bits per heavy atom. The van der Waals surface area contributed by atoms with Gasteiger partial charge in [-0.1, -0.05) is 30.3 Å². The molecule has 44 heavy (non-hydrogen) atoms. The molecule has 6 rings (SSSR count). The monoisotopic (exact) mass is 592 g/mol. The van der Waals surface area contributed by atoms with Crippen LogP contribution in [0.1, 0.15) is 22.4 Å². The number of aromatic nitrogens is 2. The number of amides is 1. The minimum absolute atomic E-state index is 0.0537. The highest BCUT2D eigenvalue weighted by Crippen LogP contribution is 2.33. The molecule has 0 unspecified atom stereocenters. The Kier molecular flexibility index (Phi) is 8.76. The van der Waals surface area contributed by atoms with Crippen LogP contribution in [-0.2, 0) is 35.7 Å². The molecule has 0 saturated carbocycles. The molecule has 9 heteroatoms. The standard InChI is InChI=1S/C35H36N4O5/c1-41-29-13-7-24(8-14-29)22-44-23-30-35(37-33-6-4-5-16-39(30)33)25-9-11-28(12-10-25)36-34(40)21-38-17-15-26-18-31(42-2)32(43-3)19-27(26)20-38/h4-14,16,18-19H,15,17,20-23H2,1-3H3,(H,36,40). The van der Waals surface area contributed by atoms with Crippen LogP contribution in [0, 0.1) is 0 Å². The molecule has 1 aliphatic heterocycles. The molecular formula is C35H36N4O5. The molecule has 5 aromatic rings. The van der Waals surface area contributed by atoms with E-state index in [0.29, 0.717) is 32.1 Å². The van der Waals surface area contributed by atoms with E-state index in [1.807, 2.05) is 85.1 Å². The van der Waals surface area contributed by atoms with Gasteiger partial charge in [0.2, 0.25) is 5.91 Å². The van der Waals surface area contributed by atoms with Gasteiger partial charge in [0.25, 0.3) is 0 Å². The summed E-state index contributed by atoms with van der Waals surface area (Å²) in [5, 5.41) is 3.05. The van der Waals surface area contributed by atoms with Crippen molar-refractivity contribution in [3.63, 3.8) is 0 Å². The second-order valence-electron chi connectivity index (χ2n) is 10.7. The summed E-state index contributed by atoms with van der Waals surface area (Å²) >= 11 is 0. The van der Waals surface area contributed by atoms with Gasteiger partial charge >= 0.3 is 0 Å². The number of hydrogen-bond donors (Lipinski definition) is 1. The van der Waals surface area contributed by atoms with Gasteiger partial charge in [-0.15, -0.1) is 0 Å². The normalized spacial score (nSPS) is 13.0. The van der Waals surface area contributed by atoms with Crippen LogP contribution in [0.25, 0.3) is 16.9 Å². The summed E-state index contributed by atoms with van der Waals surface area (Å²) in [5.41, 5.74) is 7.80. The van der Waals surface area contributed by atoms with Crippen LogP contribution in [0.3, 0.4) is 0 Å². The molecule has 0 spiro atoms. The molecule has 3 heterocycles. The van der Waals surface area contributed by atoms with Crippen molar-refractivity contribution in [1.29, 1.82) is 0 Å². The van der Waals surface area contributed by atoms with E-state index in [1.54, 1.807) is 21.3 Å². The van der Waals surface area contributed by atoms with Crippen molar-refractivity contribution in [1.82, 2.24) is 14.3 Å². The summed E-state index contributed by atoms with van der Waals surface area (Å²) in [7, 11) is 4.94. The number of imidazole rings is 1. The van der Waals surface area contributed by atoms with Crippen molar-refractivity contribution >= 4 is 17.2 Å². The van der Waals surface area contributed by atoms with Crippen molar-refractivity contribution in [2.45, 2.75) is 26.2 Å². The van der Waals surface area contributed by atoms with Gasteiger partial charge in [-0.05, 0) is 71.6 Å². The molecule has 2 aromatic heterocycles. The highest BCUT2D eigenvalue weighted by molar-refractivity contribution is 5.92. The third-order valence-electron chi connectivity index (χ3n) is 7.90. The first-order chi connectivity index (χ1) is 21.5. The molecule has 1 aliphatic rings. The minimum Gasteiger partial charge on any atom is -0.497 e. The Hall–Kier alpha value is -4.86. The zero-order chi connectivity index (χ0) is 30.5. The van der Waals surface area contributed by atoms with Crippen LogP contribution < -0.4 is 19.5 Å². The van der Waals surface area contributed by atoms with E-state index >= 15 is 0 Å². The molecule has 0 radical (unpaired) electrons. The average molecular weight is 593 g/mol. The minimum atomic E-state index is -0.0537. The van der Waals surface area contributed by atoms with Crippen molar-refractivity contribution in [2.75, 3.05) is 39.7 Å². The number of anilines is 1. The number of carbonyl (C=O) groups excluding carboxylic acids is 1. The van der Waals surface area contributed by atoms with Crippen LogP contribution in [0.15, 0.2) is 85.1 Å². The van der Waals surface area contributed by atoms with E-state index in [0.717, 1.165) is 63.9 Å². The predicted octanol–water partition coefficient (Wildman–Crippen LogP) is 5.74. The molecule has 226 valence electrons. The second-order valence-corrected chi connectivity index (χ2v) is 10.7. The molecule has 9 nitrogen and oxygen atoms in total. The number of carbonyl (C=O) groups is 1. The topological polar surface area (TPSA) is 86.6 Å². The largest absolute Gasteiger partial charge is 0.497 e. The number of methoxy groups -OCH3 is 3. The summed E-state index contributed by atoms with van der Waals surface area (Å²) in [6.45, 7) is 2.64. The number of nitrogens with one attached hydrogen (secondary N) is 1. The lowest BCUT2D eigenvalue weighted by atomic mass is 9.99. The van der Waals surface area contributed by atoms with E-state index < -0.39 is 0 Å². The number of pyridine rings is 1. The molecule has 0 bridgehead atoms. The van der Waals surface area contributed by atoms with E-state index in [2.05, 4.69) is 14.6 Å². The lowest BCUT2D eigenvalue weighted by Crippen LogP contribution is -2.37. The Morgan fingerprint density at radius 3 is 2.34 bits per heavy atom. The fraction of sp³-hybridized carbons (Fsp3) is 0.257. The first-order valence-corrected chi connectivity index (χ1v) is 14.6. The molecule has 0 fully saturated rings. The van der Waals surface area contributed by atoms with E-state index in [9.17, 15) is 4.79 Å². The maximum Gasteiger partial charge on any atom is 0.238 e. The van der Waals surface area contributed by atoms with Gasteiger partial charge in [0.15, 0.2) is 11.5 Å². The number of nitrogens with zero attached hydrogens (tertiary/aromatic N) is 3. The van der Waals surface area contributed by atoms with Gasteiger partial charge < -0.3 is 28.7 Å². The quantitative estimate of drug-likeness (QED) is 0.209. The maximum absolute atomic E-state index is 13.0. The molecule has 1 N–H and O–H groups in total. The van der Waals surface area contributed by atoms with Crippen LogP contribution in [-0.4, -0.2) is 54.6 Å². The summed E-state index contributed by atoms with van der Waals surface area (Å²) < 4.78 is 24.3. The molecule has 3 aromatic carbocycles. The van der Waals surface area contributed by atoms with Crippen molar-refractivity contribution < 1.29 is 23.7 Å². The second kappa shape index (κ2) is 13.2. The van der Waals surface area contributed by atoms with Crippen LogP contribution in [0.4, 0.5) is 5.69 Å². The molecule has 1 amide bonds. The molecule has 0 saturated heterocycles. The molecular weight excluding hydrogens is 556 g/mol. The Morgan fingerprint density at radius 2 is 1.61 bits per heavy atom. The van der Waals surface area contributed by atoms with Crippen LogP contribution in [0.5, 0.6) is 17.2 Å². The lowest BCUT2D eigenvalue weighted by Gasteiger charge is -2.29. The highest BCUT2D eigenvalue weighted by Gasteiger charge is 2.21. The number of ether oxygens (including phenoxy) is 4. The van der Waals surface area contributed by atoms with E-state index in [-0.39, 0.29) is 5.91 Å². The van der Waals surface area contributed by atoms with Crippen LogP contribution in [0.2, 0.25) is 0 Å². The van der Waals surface area contributed by atoms with Gasteiger partial charge in [0, 0.05) is 30.5 Å². The van der Waals surface area contributed by atoms with Gasteiger partial charge in [-0.3, -0.25) is 9.69 Å². The number of fused-ring (bicyclic) bond motifs is 2. The SMILES string of the molecule is COc1ccc(COCc2c(-c3ccc(NC(=O)CN4CCc5cc(OC)c(OC)cc5C4)cc3)nc3ccccn23)cc1. The zero-order valence-corrected chi connectivity index (χ0v) is 25.2. The zero-order valence-electron chi connectivity index (χ0n) is 25.2. The smallest absolute Gasteiger partial charge is 0.238 e. The van der Waals surface area contributed by atoms with Gasteiger partial charge in [-0.2, -0.15) is 0 Å². The fourth-order valence-electron chi connectivity index (χ4n) is 5.59. The first kappa shape index (κ1) is 29.2. The van der Waals surface area contributed by atoms with Gasteiger partial charge in [0.1, 0.15) is 11.4 Å². The number of benzene rings is 3. The number of hydrogen-bond acceptors (Lipinski definition) is 7. The third kappa shape index (κ3) is 6.39. The lowest BCUT2D eigenvalue weighted by molar-refractivity contribution is -0.117. The van der Waals surface area contributed by atoms with Gasteiger partial charge in [-0.25, -0.2) is 4.98 Å². The highest BCUT2D eigenvalue weighted by atomic mass is 16.5. The predicted molar refractivity (Wildman–Crippen MR) is 169 cm³/mol. The molecule has 0 atom stereocenters. The maximum atomic E-state index is 13.0. The Balaban J connectivity index is 1.10. The summed E-state index contributed by atoms with van der Waals surface area (Å²) in [5.74, 6) is 2.20. The third-order valence-corrected chi connectivity index (χ3v) is 7.90. The van der Waals surface area contributed by atoms with Crippen molar-refractivity contribution in [3.05, 3.63) is 107 Å². The van der Waals surface area contributed by atoms with Crippen molar-refractivity contribution in [3.8, 4) is 28.5 Å². The summed E-state index contributed by atoms with van der Waals surface area (Å²) in [4.78, 5) is 20.0. The summed E-state index contributed by atoms with van der Waals surface area (Å²) in [6.07, 6.45) is 2.85. The fourth-order valence-corrected chi connectivity index (χ4v) is 5.59. The Labute approximate surface area is 257 Å².